The molecule has 2 rings (SSSR count). The fourth-order valence-corrected chi connectivity index (χ4v) is 2.21. The third-order valence-electron chi connectivity index (χ3n) is 2.79. The van der Waals surface area contributed by atoms with E-state index in [1.807, 2.05) is 26.8 Å². The van der Waals surface area contributed by atoms with Gasteiger partial charge in [0.15, 0.2) is 11.5 Å². The average Bonchev–Trinajstić information content (AvgIpc) is 2.73. The molecule has 110 valence electrons. The van der Waals surface area contributed by atoms with Gasteiger partial charge in [-0.15, -0.1) is 0 Å². The number of aryl methyl sites for hydroxylation is 1. The van der Waals surface area contributed by atoms with Crippen LogP contribution in [0.1, 0.15) is 39.2 Å². The lowest BCUT2D eigenvalue weighted by Gasteiger charge is -2.19. The molecular formula is C15H19ClO4. The van der Waals surface area contributed by atoms with Gasteiger partial charge < -0.3 is 14.2 Å². The summed E-state index contributed by atoms with van der Waals surface area (Å²) in [5.41, 5.74) is 0.521. The molecule has 1 heterocycles. The van der Waals surface area contributed by atoms with Crippen molar-refractivity contribution in [2.45, 2.75) is 45.6 Å². The van der Waals surface area contributed by atoms with Crippen LogP contribution in [0.15, 0.2) is 12.1 Å². The first kappa shape index (κ1) is 15.0. The summed E-state index contributed by atoms with van der Waals surface area (Å²) in [4.78, 5) is 11.6. The minimum atomic E-state index is -0.437. The number of carbonyl (C=O) groups is 1. The predicted molar refractivity (Wildman–Crippen MR) is 76.4 cm³/mol. The Morgan fingerprint density at radius 1 is 1.30 bits per heavy atom. The molecule has 0 N–H and O–H groups in total. The van der Waals surface area contributed by atoms with Crippen molar-refractivity contribution in [2.24, 2.45) is 0 Å². The van der Waals surface area contributed by atoms with Crippen molar-refractivity contribution in [3.05, 3.63) is 22.7 Å². The van der Waals surface area contributed by atoms with E-state index in [0.29, 0.717) is 35.8 Å². The predicted octanol–water partition coefficient (Wildman–Crippen LogP) is 3.73. The molecule has 0 spiro atoms. The highest BCUT2D eigenvalue weighted by molar-refractivity contribution is 6.31. The third kappa shape index (κ3) is 4.04. The van der Waals surface area contributed by atoms with Crippen molar-refractivity contribution in [1.82, 2.24) is 0 Å². The van der Waals surface area contributed by atoms with Gasteiger partial charge in [-0.2, -0.15) is 0 Å². The number of halogens is 1. The molecule has 0 radical (unpaired) electrons. The monoisotopic (exact) mass is 298 g/mol. The first-order valence-electron chi connectivity index (χ1n) is 6.65. The van der Waals surface area contributed by atoms with E-state index in [0.717, 1.165) is 5.56 Å². The van der Waals surface area contributed by atoms with Gasteiger partial charge >= 0.3 is 5.97 Å². The summed E-state index contributed by atoms with van der Waals surface area (Å²) in [6.07, 6.45) is 1.77. The highest BCUT2D eigenvalue weighted by atomic mass is 35.5. The van der Waals surface area contributed by atoms with E-state index in [2.05, 4.69) is 0 Å². The van der Waals surface area contributed by atoms with Gasteiger partial charge in [0.1, 0.15) is 5.60 Å². The Hall–Kier alpha value is -1.42. The van der Waals surface area contributed by atoms with E-state index < -0.39 is 5.60 Å². The summed E-state index contributed by atoms with van der Waals surface area (Å²) in [5.74, 6) is 1.20. The molecule has 4 nitrogen and oxygen atoms in total. The molecule has 0 unspecified atom stereocenters. The second-order valence-electron chi connectivity index (χ2n) is 5.74. The molecule has 0 aromatic heterocycles. The van der Waals surface area contributed by atoms with Gasteiger partial charge in [-0.1, -0.05) is 11.6 Å². The highest BCUT2D eigenvalue weighted by Crippen LogP contribution is 2.37. The summed E-state index contributed by atoms with van der Waals surface area (Å²) < 4.78 is 15.8. The Bertz CT molecular complexity index is 505. The van der Waals surface area contributed by atoms with Crippen LogP contribution in [0.4, 0.5) is 0 Å². The summed E-state index contributed by atoms with van der Waals surface area (Å²) in [7, 11) is 0. The number of esters is 1. The van der Waals surface area contributed by atoms with Crippen LogP contribution in [0.5, 0.6) is 11.5 Å². The zero-order valence-electron chi connectivity index (χ0n) is 12.0. The van der Waals surface area contributed by atoms with E-state index in [4.69, 9.17) is 25.8 Å². The van der Waals surface area contributed by atoms with Crippen LogP contribution >= 0.6 is 11.6 Å². The van der Waals surface area contributed by atoms with Crippen LogP contribution in [0.25, 0.3) is 0 Å². The average molecular weight is 299 g/mol. The summed E-state index contributed by atoms with van der Waals surface area (Å²) >= 11 is 6.18. The van der Waals surface area contributed by atoms with Crippen molar-refractivity contribution in [2.75, 3.05) is 6.79 Å². The maximum atomic E-state index is 11.6. The van der Waals surface area contributed by atoms with Gasteiger partial charge in [-0.05, 0) is 45.2 Å². The van der Waals surface area contributed by atoms with Gasteiger partial charge in [-0.25, -0.2) is 0 Å². The zero-order valence-corrected chi connectivity index (χ0v) is 12.8. The molecule has 0 bridgehead atoms. The Labute approximate surface area is 124 Å². The quantitative estimate of drug-likeness (QED) is 0.795. The number of hydrogen-bond donors (Lipinski definition) is 0. The standard InChI is InChI=1S/C15H19ClO4/c1-15(2,3)20-14(17)6-4-5-10-7-12-13(8-11(10)16)19-9-18-12/h7-8H,4-6,9H2,1-3H3. The van der Waals surface area contributed by atoms with Crippen molar-refractivity contribution < 1.29 is 19.0 Å². The van der Waals surface area contributed by atoms with Crippen LogP contribution < -0.4 is 9.47 Å². The Morgan fingerprint density at radius 3 is 2.60 bits per heavy atom. The largest absolute Gasteiger partial charge is 0.460 e. The molecule has 0 saturated heterocycles. The number of rotatable bonds is 4. The van der Waals surface area contributed by atoms with Crippen molar-refractivity contribution in [3.63, 3.8) is 0 Å². The van der Waals surface area contributed by atoms with Gasteiger partial charge in [0.05, 0.1) is 0 Å². The number of benzene rings is 1. The zero-order chi connectivity index (χ0) is 14.8. The molecule has 0 fully saturated rings. The lowest BCUT2D eigenvalue weighted by atomic mass is 10.1. The Balaban J connectivity index is 1.87. The van der Waals surface area contributed by atoms with Crippen molar-refractivity contribution >= 4 is 17.6 Å². The van der Waals surface area contributed by atoms with Crippen molar-refractivity contribution in [3.8, 4) is 11.5 Å². The second-order valence-corrected chi connectivity index (χ2v) is 6.14. The van der Waals surface area contributed by atoms with Gasteiger partial charge in [-0.3, -0.25) is 4.79 Å². The minimum absolute atomic E-state index is 0.186. The molecular weight excluding hydrogens is 280 g/mol. The molecule has 0 amide bonds. The first-order chi connectivity index (χ1) is 9.35. The van der Waals surface area contributed by atoms with Crippen LogP contribution in [-0.4, -0.2) is 18.4 Å². The fraction of sp³-hybridized carbons (Fsp3) is 0.533. The van der Waals surface area contributed by atoms with Gasteiger partial charge in [0, 0.05) is 17.5 Å². The molecule has 0 atom stereocenters. The van der Waals surface area contributed by atoms with Crippen LogP contribution in [0.3, 0.4) is 0 Å². The van der Waals surface area contributed by atoms with Crippen LogP contribution in [0.2, 0.25) is 5.02 Å². The fourth-order valence-electron chi connectivity index (χ4n) is 1.97. The SMILES string of the molecule is CC(C)(C)OC(=O)CCCc1cc2c(cc1Cl)OCO2. The minimum Gasteiger partial charge on any atom is -0.460 e. The summed E-state index contributed by atoms with van der Waals surface area (Å²) in [5, 5.41) is 0.637. The Kier molecular flexibility index (Phi) is 4.43. The Morgan fingerprint density at radius 2 is 1.95 bits per heavy atom. The first-order valence-corrected chi connectivity index (χ1v) is 7.03. The van der Waals surface area contributed by atoms with E-state index >= 15 is 0 Å². The van der Waals surface area contributed by atoms with E-state index in [9.17, 15) is 4.79 Å². The van der Waals surface area contributed by atoms with E-state index in [-0.39, 0.29) is 12.8 Å². The number of ether oxygens (including phenoxy) is 3. The molecule has 0 aliphatic carbocycles. The maximum absolute atomic E-state index is 11.6. The molecule has 0 saturated carbocycles. The molecule has 1 aliphatic rings. The number of fused-ring (bicyclic) bond motifs is 1. The number of carbonyl (C=O) groups excluding carboxylic acids is 1. The normalized spacial score (nSPS) is 13.4. The van der Waals surface area contributed by atoms with Crippen LogP contribution in [0, 0.1) is 0 Å². The number of hydrogen-bond acceptors (Lipinski definition) is 4. The lowest BCUT2D eigenvalue weighted by molar-refractivity contribution is -0.154. The van der Waals surface area contributed by atoms with Crippen molar-refractivity contribution in [1.29, 1.82) is 0 Å². The maximum Gasteiger partial charge on any atom is 0.306 e. The summed E-state index contributed by atoms with van der Waals surface area (Å²) in [6.45, 7) is 5.81. The van der Waals surface area contributed by atoms with Gasteiger partial charge in [0.2, 0.25) is 6.79 Å². The smallest absolute Gasteiger partial charge is 0.306 e. The molecule has 5 heteroatoms. The lowest BCUT2D eigenvalue weighted by Crippen LogP contribution is -2.23. The highest BCUT2D eigenvalue weighted by Gasteiger charge is 2.18. The molecule has 20 heavy (non-hydrogen) atoms. The molecule has 1 aromatic rings. The second kappa shape index (κ2) is 5.92. The van der Waals surface area contributed by atoms with E-state index in [1.54, 1.807) is 6.07 Å². The van der Waals surface area contributed by atoms with Crippen LogP contribution in [-0.2, 0) is 16.0 Å². The van der Waals surface area contributed by atoms with E-state index in [1.165, 1.54) is 0 Å². The topological polar surface area (TPSA) is 44.8 Å². The molecule has 1 aromatic carbocycles. The van der Waals surface area contributed by atoms with Gasteiger partial charge in [0.25, 0.3) is 0 Å². The third-order valence-corrected chi connectivity index (χ3v) is 3.14. The summed E-state index contributed by atoms with van der Waals surface area (Å²) in [6, 6.07) is 3.63. The molecule has 1 aliphatic heterocycles.